The predicted octanol–water partition coefficient (Wildman–Crippen LogP) is 5.31. The van der Waals surface area contributed by atoms with Crippen molar-refractivity contribution in [2.45, 2.75) is 13.5 Å². The van der Waals surface area contributed by atoms with Gasteiger partial charge in [-0.25, -0.2) is 4.98 Å². The van der Waals surface area contributed by atoms with Crippen molar-refractivity contribution in [1.29, 1.82) is 0 Å². The van der Waals surface area contributed by atoms with E-state index in [1.165, 1.54) is 11.3 Å². The average molecular weight is 447 g/mol. The first kappa shape index (κ1) is 20.3. The summed E-state index contributed by atoms with van der Waals surface area (Å²) in [7, 11) is 0. The van der Waals surface area contributed by atoms with E-state index in [2.05, 4.69) is 0 Å². The predicted molar refractivity (Wildman–Crippen MR) is 125 cm³/mol. The Hall–Kier alpha value is -3.58. The van der Waals surface area contributed by atoms with E-state index in [1.807, 2.05) is 55.5 Å². The number of fused-ring (bicyclic) bond motifs is 2. The Labute approximate surface area is 190 Å². The van der Waals surface area contributed by atoms with Crippen LogP contribution in [0.4, 0.5) is 5.13 Å². The Balaban J connectivity index is 1.56. The van der Waals surface area contributed by atoms with Crippen LogP contribution in [-0.4, -0.2) is 30.7 Å². The molecule has 1 aliphatic rings. The van der Waals surface area contributed by atoms with Crippen LogP contribution in [0.5, 0.6) is 17.2 Å². The van der Waals surface area contributed by atoms with Gasteiger partial charge in [-0.2, -0.15) is 0 Å². The molecule has 0 aliphatic carbocycles. The number of anilines is 1. The smallest absolute Gasteiger partial charge is 0.260 e. The van der Waals surface area contributed by atoms with Crippen molar-refractivity contribution in [3.05, 3.63) is 77.9 Å². The number of hydrogen-bond acceptors (Lipinski definition) is 6. The van der Waals surface area contributed by atoms with Crippen LogP contribution in [0.25, 0.3) is 10.2 Å². The van der Waals surface area contributed by atoms with Gasteiger partial charge in [-0.3, -0.25) is 9.69 Å². The summed E-state index contributed by atoms with van der Waals surface area (Å²) in [4.78, 5) is 20.2. The molecule has 1 aliphatic heterocycles. The van der Waals surface area contributed by atoms with Crippen molar-refractivity contribution >= 4 is 32.6 Å². The fourth-order valence-corrected chi connectivity index (χ4v) is 4.60. The summed E-state index contributed by atoms with van der Waals surface area (Å²) in [5.41, 5.74) is 2.31. The molecule has 0 atom stereocenters. The third-order valence-electron chi connectivity index (χ3n) is 5.12. The molecule has 0 radical (unpaired) electrons. The number of rotatable bonds is 6. The number of ether oxygens (including phenoxy) is 3. The zero-order valence-corrected chi connectivity index (χ0v) is 18.4. The number of amides is 1. The van der Waals surface area contributed by atoms with Crippen molar-refractivity contribution < 1.29 is 19.0 Å². The highest BCUT2D eigenvalue weighted by Gasteiger charge is 2.24. The molecule has 1 amide bonds. The summed E-state index contributed by atoms with van der Waals surface area (Å²) in [6, 6.07) is 21.0. The fourth-order valence-electron chi connectivity index (χ4n) is 3.62. The summed E-state index contributed by atoms with van der Waals surface area (Å²) < 4.78 is 18.0. The van der Waals surface area contributed by atoms with E-state index in [9.17, 15) is 4.79 Å². The minimum Gasteiger partial charge on any atom is -0.492 e. The largest absolute Gasteiger partial charge is 0.492 e. The van der Waals surface area contributed by atoms with E-state index in [1.54, 1.807) is 23.1 Å². The number of aromatic nitrogens is 1. The van der Waals surface area contributed by atoms with Crippen LogP contribution >= 0.6 is 11.3 Å². The molecule has 0 unspecified atom stereocenters. The molecular weight excluding hydrogens is 424 g/mol. The van der Waals surface area contributed by atoms with Crippen molar-refractivity contribution in [1.82, 2.24) is 4.98 Å². The molecule has 5 rings (SSSR count). The quantitative estimate of drug-likeness (QED) is 0.402. The Morgan fingerprint density at radius 3 is 2.66 bits per heavy atom. The molecule has 4 aromatic rings. The van der Waals surface area contributed by atoms with Gasteiger partial charge in [0.2, 0.25) is 0 Å². The normalized spacial score (nSPS) is 12.5. The zero-order chi connectivity index (χ0) is 21.9. The van der Waals surface area contributed by atoms with Gasteiger partial charge in [0.15, 0.2) is 16.6 Å². The average Bonchev–Trinajstić information content (AvgIpc) is 3.28. The lowest BCUT2D eigenvalue weighted by Crippen LogP contribution is -2.30. The number of thiazole rings is 1. The van der Waals surface area contributed by atoms with Crippen molar-refractivity contribution in [2.75, 3.05) is 24.7 Å². The van der Waals surface area contributed by atoms with Gasteiger partial charge in [0, 0.05) is 5.56 Å². The van der Waals surface area contributed by atoms with Crippen LogP contribution in [0.1, 0.15) is 22.8 Å². The van der Waals surface area contributed by atoms with Crippen LogP contribution in [-0.2, 0) is 6.54 Å². The third-order valence-corrected chi connectivity index (χ3v) is 6.16. The Morgan fingerprint density at radius 2 is 1.84 bits per heavy atom. The number of carbonyl (C=O) groups is 1. The van der Waals surface area contributed by atoms with E-state index in [0.717, 1.165) is 21.5 Å². The minimum absolute atomic E-state index is 0.150. The highest BCUT2D eigenvalue weighted by molar-refractivity contribution is 7.22. The van der Waals surface area contributed by atoms with E-state index in [-0.39, 0.29) is 5.91 Å². The van der Waals surface area contributed by atoms with Crippen LogP contribution in [0.15, 0.2) is 66.7 Å². The van der Waals surface area contributed by atoms with E-state index >= 15 is 0 Å². The molecule has 6 nitrogen and oxygen atoms in total. The monoisotopic (exact) mass is 446 g/mol. The first-order chi connectivity index (χ1) is 15.7. The molecule has 32 heavy (non-hydrogen) atoms. The second-order valence-corrected chi connectivity index (χ2v) is 8.28. The van der Waals surface area contributed by atoms with E-state index in [0.29, 0.717) is 48.6 Å². The number of benzene rings is 3. The topological polar surface area (TPSA) is 60.9 Å². The van der Waals surface area contributed by atoms with Crippen LogP contribution in [0.2, 0.25) is 0 Å². The molecule has 3 aromatic carbocycles. The molecule has 2 heterocycles. The maximum atomic E-state index is 13.7. The maximum absolute atomic E-state index is 13.7. The van der Waals surface area contributed by atoms with Gasteiger partial charge < -0.3 is 14.2 Å². The molecule has 162 valence electrons. The molecule has 0 saturated carbocycles. The minimum atomic E-state index is -0.150. The molecule has 0 saturated heterocycles. The molecule has 0 spiro atoms. The SMILES string of the molecule is CCOc1cccc2sc(N(Cc3ccccc3)C(=O)c3ccc4c(c3)OCCO4)nc12. The molecule has 0 bridgehead atoms. The zero-order valence-electron chi connectivity index (χ0n) is 17.6. The van der Waals surface area contributed by atoms with Gasteiger partial charge in [-0.15, -0.1) is 0 Å². The molecule has 7 heteroatoms. The van der Waals surface area contributed by atoms with Crippen LogP contribution in [0.3, 0.4) is 0 Å². The highest BCUT2D eigenvalue weighted by Crippen LogP contribution is 2.36. The second-order valence-electron chi connectivity index (χ2n) is 7.27. The lowest BCUT2D eigenvalue weighted by Gasteiger charge is -2.22. The standard InChI is InChI=1S/C25H22N2O4S/c1-2-29-20-9-6-10-22-23(20)26-25(32-22)27(16-17-7-4-3-5-8-17)24(28)18-11-12-19-21(15-18)31-14-13-30-19/h3-12,15H,2,13-14,16H2,1H3. The Bertz CT molecular complexity index is 1260. The highest BCUT2D eigenvalue weighted by atomic mass is 32.1. The Morgan fingerprint density at radius 1 is 1.03 bits per heavy atom. The molecule has 0 fully saturated rings. The second kappa shape index (κ2) is 8.88. The van der Waals surface area contributed by atoms with E-state index < -0.39 is 0 Å². The summed E-state index contributed by atoms with van der Waals surface area (Å²) in [6.07, 6.45) is 0. The van der Waals surface area contributed by atoms with Crippen molar-refractivity contribution in [3.63, 3.8) is 0 Å². The van der Waals surface area contributed by atoms with Gasteiger partial charge in [0.05, 0.1) is 17.9 Å². The van der Waals surface area contributed by atoms with Gasteiger partial charge in [-0.05, 0) is 42.8 Å². The number of hydrogen-bond donors (Lipinski definition) is 0. The van der Waals surface area contributed by atoms with Gasteiger partial charge in [0.25, 0.3) is 5.91 Å². The lowest BCUT2D eigenvalue weighted by molar-refractivity contribution is 0.0984. The Kier molecular flexibility index (Phi) is 5.64. The van der Waals surface area contributed by atoms with Crippen LogP contribution < -0.4 is 19.1 Å². The van der Waals surface area contributed by atoms with Crippen molar-refractivity contribution in [2.24, 2.45) is 0 Å². The number of nitrogens with zero attached hydrogens (tertiary/aromatic N) is 2. The number of para-hydroxylation sites is 1. The summed E-state index contributed by atoms with van der Waals surface area (Å²) >= 11 is 1.47. The van der Waals surface area contributed by atoms with Gasteiger partial charge >= 0.3 is 0 Å². The first-order valence-electron chi connectivity index (χ1n) is 10.5. The third kappa shape index (κ3) is 3.99. The summed E-state index contributed by atoms with van der Waals surface area (Å²) in [5.74, 6) is 1.82. The van der Waals surface area contributed by atoms with Gasteiger partial charge in [0.1, 0.15) is 24.5 Å². The summed E-state index contributed by atoms with van der Waals surface area (Å²) in [6.45, 7) is 3.87. The van der Waals surface area contributed by atoms with Crippen molar-refractivity contribution in [3.8, 4) is 17.2 Å². The number of carbonyl (C=O) groups excluding carboxylic acids is 1. The lowest BCUT2D eigenvalue weighted by atomic mass is 10.1. The maximum Gasteiger partial charge on any atom is 0.260 e. The van der Waals surface area contributed by atoms with Gasteiger partial charge in [-0.1, -0.05) is 47.7 Å². The molecule has 1 aromatic heterocycles. The summed E-state index contributed by atoms with van der Waals surface area (Å²) in [5, 5.41) is 0.621. The van der Waals surface area contributed by atoms with E-state index in [4.69, 9.17) is 19.2 Å². The van der Waals surface area contributed by atoms with Crippen LogP contribution in [0, 0.1) is 0 Å². The fraction of sp³-hybridized carbons (Fsp3) is 0.200. The molecular formula is C25H22N2O4S. The molecule has 0 N–H and O–H groups in total. The first-order valence-corrected chi connectivity index (χ1v) is 11.3.